The third-order valence-corrected chi connectivity index (χ3v) is 3.06. The Balaban J connectivity index is 2.68. The maximum Gasteiger partial charge on any atom is 0.171 e. The number of hydrogen-bond acceptors (Lipinski definition) is 3. The van der Waals surface area contributed by atoms with Crippen LogP contribution >= 0.6 is 23.8 Å². The fourth-order valence-electron chi connectivity index (χ4n) is 1.58. The van der Waals surface area contributed by atoms with Crippen molar-refractivity contribution in [2.45, 2.75) is 19.4 Å². The van der Waals surface area contributed by atoms with Crippen LogP contribution in [0.15, 0.2) is 18.2 Å². The van der Waals surface area contributed by atoms with E-state index in [2.05, 4.69) is 17.6 Å². The molecule has 0 spiro atoms. The standard InChI is InChI=1S/C13H19ClN2O2S/c1-4-10(8-17-2)15-13(19)16-11-7-9(14)5-6-12(11)18-3/h5-7,10H,4,8H2,1-3H3,(H2,15,16,19). The van der Waals surface area contributed by atoms with Gasteiger partial charge in [-0.25, -0.2) is 0 Å². The van der Waals surface area contributed by atoms with Crippen LogP contribution in [0.25, 0.3) is 0 Å². The molecular weight excluding hydrogens is 284 g/mol. The van der Waals surface area contributed by atoms with Crippen molar-refractivity contribution < 1.29 is 9.47 Å². The zero-order valence-electron chi connectivity index (χ0n) is 11.3. The number of halogens is 1. The minimum atomic E-state index is 0.176. The third-order valence-electron chi connectivity index (χ3n) is 2.61. The molecular formula is C13H19ClN2O2S. The van der Waals surface area contributed by atoms with Gasteiger partial charge in [-0.15, -0.1) is 0 Å². The van der Waals surface area contributed by atoms with Crippen LogP contribution in [-0.2, 0) is 4.74 Å². The van der Waals surface area contributed by atoms with Crippen LogP contribution in [0.1, 0.15) is 13.3 Å². The lowest BCUT2D eigenvalue weighted by atomic mass is 10.2. The summed E-state index contributed by atoms with van der Waals surface area (Å²) in [4.78, 5) is 0. The maximum atomic E-state index is 5.96. The molecule has 0 aliphatic heterocycles. The van der Waals surface area contributed by atoms with Crippen molar-refractivity contribution in [3.63, 3.8) is 0 Å². The summed E-state index contributed by atoms with van der Waals surface area (Å²) in [5, 5.41) is 7.40. The molecule has 0 saturated carbocycles. The summed E-state index contributed by atoms with van der Waals surface area (Å²) < 4.78 is 10.4. The van der Waals surface area contributed by atoms with E-state index in [1.807, 2.05) is 0 Å². The second kappa shape index (κ2) is 8.19. The molecule has 106 valence electrons. The van der Waals surface area contributed by atoms with Crippen LogP contribution in [0.2, 0.25) is 5.02 Å². The van der Waals surface area contributed by atoms with Gasteiger partial charge in [0.1, 0.15) is 5.75 Å². The van der Waals surface area contributed by atoms with Crippen LogP contribution in [-0.4, -0.2) is 32.0 Å². The highest BCUT2D eigenvalue weighted by molar-refractivity contribution is 7.80. The van der Waals surface area contributed by atoms with Crippen LogP contribution in [0.5, 0.6) is 5.75 Å². The maximum absolute atomic E-state index is 5.96. The van der Waals surface area contributed by atoms with E-state index in [4.69, 9.17) is 33.3 Å². The summed E-state index contributed by atoms with van der Waals surface area (Å²) in [7, 11) is 3.27. The highest BCUT2D eigenvalue weighted by Crippen LogP contribution is 2.27. The SMILES string of the molecule is CCC(COC)NC(=S)Nc1cc(Cl)ccc1OC. The van der Waals surface area contributed by atoms with Gasteiger partial charge in [0.05, 0.1) is 25.4 Å². The van der Waals surface area contributed by atoms with Gasteiger partial charge >= 0.3 is 0 Å². The molecule has 0 aromatic heterocycles. The minimum Gasteiger partial charge on any atom is -0.495 e. The Labute approximate surface area is 124 Å². The first-order valence-corrected chi connectivity index (χ1v) is 6.79. The number of benzene rings is 1. The Kier molecular flexibility index (Phi) is 6.91. The average molecular weight is 303 g/mol. The molecule has 0 amide bonds. The molecule has 1 aromatic rings. The Bertz CT molecular complexity index is 429. The zero-order valence-corrected chi connectivity index (χ0v) is 12.9. The van der Waals surface area contributed by atoms with E-state index >= 15 is 0 Å². The second-order valence-electron chi connectivity index (χ2n) is 4.00. The lowest BCUT2D eigenvalue weighted by Crippen LogP contribution is -2.40. The van der Waals surface area contributed by atoms with Crippen molar-refractivity contribution in [3.8, 4) is 5.75 Å². The quantitative estimate of drug-likeness (QED) is 0.791. The number of rotatable bonds is 6. The smallest absolute Gasteiger partial charge is 0.171 e. The number of anilines is 1. The highest BCUT2D eigenvalue weighted by Gasteiger charge is 2.10. The minimum absolute atomic E-state index is 0.176. The van der Waals surface area contributed by atoms with Gasteiger partial charge in [-0.3, -0.25) is 0 Å². The molecule has 1 atom stereocenters. The Morgan fingerprint density at radius 2 is 2.16 bits per heavy atom. The van der Waals surface area contributed by atoms with Crippen molar-refractivity contribution in [1.82, 2.24) is 5.32 Å². The number of ether oxygens (including phenoxy) is 2. The average Bonchev–Trinajstić information content (AvgIpc) is 2.38. The van der Waals surface area contributed by atoms with Crippen LogP contribution in [0, 0.1) is 0 Å². The van der Waals surface area contributed by atoms with Crippen molar-refractivity contribution >= 4 is 34.6 Å². The third kappa shape index (κ3) is 5.22. The van der Waals surface area contributed by atoms with Crippen molar-refractivity contribution in [2.75, 3.05) is 26.1 Å². The Morgan fingerprint density at radius 1 is 1.42 bits per heavy atom. The molecule has 0 bridgehead atoms. The predicted molar refractivity (Wildman–Crippen MR) is 83.3 cm³/mol. The largest absolute Gasteiger partial charge is 0.495 e. The van der Waals surface area contributed by atoms with Crippen LogP contribution in [0.3, 0.4) is 0 Å². The summed E-state index contributed by atoms with van der Waals surface area (Å²) in [6, 6.07) is 5.50. The molecule has 2 N–H and O–H groups in total. The topological polar surface area (TPSA) is 42.5 Å². The molecule has 1 aromatic carbocycles. The normalized spacial score (nSPS) is 11.8. The van der Waals surface area contributed by atoms with Gasteiger partial charge in [-0.2, -0.15) is 0 Å². The fraction of sp³-hybridized carbons (Fsp3) is 0.462. The molecule has 0 aliphatic carbocycles. The highest BCUT2D eigenvalue weighted by atomic mass is 35.5. The van der Waals surface area contributed by atoms with Crippen molar-refractivity contribution in [3.05, 3.63) is 23.2 Å². The van der Waals surface area contributed by atoms with E-state index in [0.29, 0.717) is 22.5 Å². The molecule has 1 unspecified atom stereocenters. The van der Waals surface area contributed by atoms with E-state index in [-0.39, 0.29) is 6.04 Å². The second-order valence-corrected chi connectivity index (χ2v) is 4.85. The zero-order chi connectivity index (χ0) is 14.3. The summed E-state index contributed by atoms with van der Waals surface area (Å²) in [6.07, 6.45) is 0.919. The van der Waals surface area contributed by atoms with E-state index < -0.39 is 0 Å². The first kappa shape index (κ1) is 16.0. The molecule has 0 heterocycles. The molecule has 0 radical (unpaired) electrons. The van der Waals surface area contributed by atoms with Crippen molar-refractivity contribution in [1.29, 1.82) is 0 Å². The first-order valence-electron chi connectivity index (χ1n) is 6.00. The van der Waals surface area contributed by atoms with Gasteiger partial charge in [0.25, 0.3) is 0 Å². The van der Waals surface area contributed by atoms with Gasteiger partial charge in [-0.05, 0) is 36.8 Å². The fourth-order valence-corrected chi connectivity index (χ4v) is 2.03. The summed E-state index contributed by atoms with van der Waals surface area (Å²) in [5.74, 6) is 0.688. The molecule has 0 fully saturated rings. The molecule has 19 heavy (non-hydrogen) atoms. The summed E-state index contributed by atoms with van der Waals surface area (Å²) in [6.45, 7) is 2.67. The Morgan fingerprint density at radius 3 is 2.74 bits per heavy atom. The number of nitrogens with one attached hydrogen (secondary N) is 2. The first-order chi connectivity index (χ1) is 9.10. The molecule has 4 nitrogen and oxygen atoms in total. The van der Waals surface area contributed by atoms with E-state index in [0.717, 1.165) is 12.1 Å². The number of hydrogen-bond donors (Lipinski definition) is 2. The van der Waals surface area contributed by atoms with Crippen LogP contribution in [0.4, 0.5) is 5.69 Å². The predicted octanol–water partition coefficient (Wildman–Crippen LogP) is 3.06. The number of thiocarbonyl (C=S) groups is 1. The Hall–Kier alpha value is -1.04. The molecule has 6 heteroatoms. The lowest BCUT2D eigenvalue weighted by molar-refractivity contribution is 0.172. The van der Waals surface area contributed by atoms with E-state index in [1.165, 1.54) is 0 Å². The van der Waals surface area contributed by atoms with Gasteiger partial charge < -0.3 is 20.1 Å². The molecule has 1 rings (SSSR count). The van der Waals surface area contributed by atoms with Crippen LogP contribution < -0.4 is 15.4 Å². The van der Waals surface area contributed by atoms with Gasteiger partial charge in [0, 0.05) is 12.1 Å². The summed E-state index contributed by atoms with van der Waals surface area (Å²) >= 11 is 11.2. The lowest BCUT2D eigenvalue weighted by Gasteiger charge is -2.19. The molecule has 0 saturated heterocycles. The van der Waals surface area contributed by atoms with Gasteiger partial charge in [0.2, 0.25) is 0 Å². The van der Waals surface area contributed by atoms with Gasteiger partial charge in [-0.1, -0.05) is 18.5 Å². The number of methoxy groups -OCH3 is 2. The molecule has 0 aliphatic rings. The van der Waals surface area contributed by atoms with Crippen molar-refractivity contribution in [2.24, 2.45) is 0 Å². The van der Waals surface area contributed by atoms with E-state index in [9.17, 15) is 0 Å². The van der Waals surface area contributed by atoms with Gasteiger partial charge in [0.15, 0.2) is 5.11 Å². The summed E-state index contributed by atoms with van der Waals surface area (Å²) in [5.41, 5.74) is 0.736. The monoisotopic (exact) mass is 302 g/mol. The van der Waals surface area contributed by atoms with E-state index in [1.54, 1.807) is 32.4 Å².